The second-order valence-electron chi connectivity index (χ2n) is 8.06. The Bertz CT molecular complexity index is 749. The van der Waals surface area contributed by atoms with E-state index in [1.807, 2.05) is 0 Å². The smallest absolute Gasteiger partial charge is 0.0940 e. The lowest BCUT2D eigenvalue weighted by molar-refractivity contribution is -0.118. The summed E-state index contributed by atoms with van der Waals surface area (Å²) in [7, 11) is 0. The van der Waals surface area contributed by atoms with Crippen molar-refractivity contribution in [3.63, 3.8) is 0 Å². The quantitative estimate of drug-likeness (QED) is 0.897. The van der Waals surface area contributed by atoms with Crippen LogP contribution < -0.4 is 0 Å². The minimum Gasteiger partial charge on any atom is -0.387 e. The third kappa shape index (κ3) is 2.50. The van der Waals surface area contributed by atoms with Gasteiger partial charge in [-0.05, 0) is 48.6 Å². The zero-order valence-electron chi connectivity index (χ0n) is 14.6. The Kier molecular flexibility index (Phi) is 3.48. The summed E-state index contributed by atoms with van der Waals surface area (Å²) in [4.78, 5) is 0. The molecule has 122 valence electrons. The molecular formula is C21H26O2. The average Bonchev–Trinajstić information content (AvgIpc) is 2.67. The van der Waals surface area contributed by atoms with Crippen molar-refractivity contribution in [2.24, 2.45) is 0 Å². The fraction of sp³-hybridized carbons (Fsp3) is 0.429. The van der Waals surface area contributed by atoms with Gasteiger partial charge in [0, 0.05) is 11.8 Å². The van der Waals surface area contributed by atoms with Crippen molar-refractivity contribution in [3.8, 4) is 11.1 Å². The van der Waals surface area contributed by atoms with Gasteiger partial charge >= 0.3 is 0 Å². The van der Waals surface area contributed by atoms with Gasteiger partial charge in [0.05, 0.1) is 11.2 Å². The minimum atomic E-state index is -1.17. The van der Waals surface area contributed by atoms with Crippen LogP contribution in [0.4, 0.5) is 0 Å². The molecule has 0 heterocycles. The predicted octanol–water partition coefficient (Wildman–Crippen LogP) is 4.06. The Hall–Kier alpha value is -1.64. The van der Waals surface area contributed by atoms with Crippen molar-refractivity contribution in [2.75, 3.05) is 0 Å². The van der Waals surface area contributed by atoms with Gasteiger partial charge in [0.15, 0.2) is 0 Å². The van der Waals surface area contributed by atoms with Crippen LogP contribution in [0.2, 0.25) is 0 Å². The first-order valence-corrected chi connectivity index (χ1v) is 8.22. The van der Waals surface area contributed by atoms with E-state index in [0.717, 1.165) is 5.56 Å². The minimum absolute atomic E-state index is 0.0392. The standard InChI is InChI=1S/C21H26O2/c1-19(2)17-9-7-6-8-15(17)16-11-10-14(12-18(16)19)13-21(5,23)20(3,4)22/h6-12,22-23H,13H2,1-5H3. The van der Waals surface area contributed by atoms with Crippen molar-refractivity contribution in [2.45, 2.75) is 57.7 Å². The summed E-state index contributed by atoms with van der Waals surface area (Å²) in [5, 5.41) is 20.8. The highest BCUT2D eigenvalue weighted by Crippen LogP contribution is 2.48. The molecule has 2 aromatic rings. The van der Waals surface area contributed by atoms with E-state index in [1.54, 1.807) is 20.8 Å². The molecule has 0 spiro atoms. The van der Waals surface area contributed by atoms with E-state index in [0.29, 0.717) is 6.42 Å². The number of benzene rings is 2. The van der Waals surface area contributed by atoms with E-state index in [4.69, 9.17) is 0 Å². The molecule has 1 aliphatic rings. The highest BCUT2D eigenvalue weighted by molar-refractivity contribution is 5.80. The first kappa shape index (κ1) is 16.2. The van der Waals surface area contributed by atoms with Gasteiger partial charge < -0.3 is 10.2 Å². The van der Waals surface area contributed by atoms with Gasteiger partial charge in [-0.1, -0.05) is 56.3 Å². The third-order valence-electron chi connectivity index (χ3n) is 5.51. The summed E-state index contributed by atoms with van der Waals surface area (Å²) in [6.45, 7) is 9.49. The molecule has 0 radical (unpaired) electrons. The Morgan fingerprint density at radius 2 is 1.48 bits per heavy atom. The van der Waals surface area contributed by atoms with Gasteiger partial charge in [0.2, 0.25) is 0 Å². The normalized spacial score (nSPS) is 18.2. The lowest BCUT2D eigenvalue weighted by Crippen LogP contribution is -2.49. The van der Waals surface area contributed by atoms with Crippen molar-refractivity contribution in [1.29, 1.82) is 0 Å². The summed E-state index contributed by atoms with van der Waals surface area (Å²) in [6, 6.07) is 15.0. The Morgan fingerprint density at radius 3 is 2.13 bits per heavy atom. The lowest BCUT2D eigenvalue weighted by Gasteiger charge is -2.36. The molecule has 1 atom stereocenters. The number of hydrogen-bond acceptors (Lipinski definition) is 2. The largest absolute Gasteiger partial charge is 0.387 e. The fourth-order valence-corrected chi connectivity index (χ4v) is 3.48. The van der Waals surface area contributed by atoms with Crippen LogP contribution >= 0.6 is 0 Å². The van der Waals surface area contributed by atoms with E-state index < -0.39 is 11.2 Å². The fourth-order valence-electron chi connectivity index (χ4n) is 3.48. The van der Waals surface area contributed by atoms with Gasteiger partial charge in [-0.25, -0.2) is 0 Å². The highest BCUT2D eigenvalue weighted by atomic mass is 16.3. The molecule has 2 nitrogen and oxygen atoms in total. The van der Waals surface area contributed by atoms with Gasteiger partial charge in [0.25, 0.3) is 0 Å². The van der Waals surface area contributed by atoms with E-state index in [2.05, 4.69) is 56.3 Å². The van der Waals surface area contributed by atoms with E-state index >= 15 is 0 Å². The second kappa shape index (κ2) is 4.93. The third-order valence-corrected chi connectivity index (χ3v) is 5.51. The Labute approximate surface area is 138 Å². The lowest BCUT2D eigenvalue weighted by atomic mass is 9.79. The zero-order chi connectivity index (χ0) is 17.0. The molecule has 0 amide bonds. The SMILES string of the molecule is CC1(C)c2ccccc2-c2ccc(CC(C)(O)C(C)(C)O)cc21. The molecular weight excluding hydrogens is 284 g/mol. The van der Waals surface area contributed by atoms with Crippen molar-refractivity contribution < 1.29 is 10.2 Å². The highest BCUT2D eigenvalue weighted by Gasteiger charge is 2.39. The number of fused-ring (bicyclic) bond motifs is 3. The zero-order valence-corrected chi connectivity index (χ0v) is 14.6. The Morgan fingerprint density at radius 1 is 0.870 bits per heavy atom. The Balaban J connectivity index is 2.04. The monoisotopic (exact) mass is 310 g/mol. The van der Waals surface area contributed by atoms with Crippen LogP contribution in [0.3, 0.4) is 0 Å². The topological polar surface area (TPSA) is 40.5 Å². The van der Waals surface area contributed by atoms with Crippen molar-refractivity contribution in [3.05, 3.63) is 59.2 Å². The molecule has 0 bridgehead atoms. The molecule has 0 aromatic heterocycles. The average molecular weight is 310 g/mol. The van der Waals surface area contributed by atoms with Crippen LogP contribution in [0.25, 0.3) is 11.1 Å². The summed E-state index contributed by atoms with van der Waals surface area (Å²) in [6.07, 6.45) is 0.427. The summed E-state index contributed by atoms with van der Waals surface area (Å²) >= 11 is 0. The first-order chi connectivity index (χ1) is 10.5. The van der Waals surface area contributed by atoms with Crippen molar-refractivity contribution in [1.82, 2.24) is 0 Å². The molecule has 2 heteroatoms. The molecule has 1 aliphatic carbocycles. The molecule has 0 fully saturated rings. The summed E-state index contributed by atoms with van der Waals surface area (Å²) < 4.78 is 0. The van der Waals surface area contributed by atoms with Gasteiger partial charge in [-0.2, -0.15) is 0 Å². The van der Waals surface area contributed by atoms with Crippen LogP contribution in [-0.2, 0) is 11.8 Å². The van der Waals surface area contributed by atoms with Crippen LogP contribution in [0.5, 0.6) is 0 Å². The predicted molar refractivity (Wildman–Crippen MR) is 94.6 cm³/mol. The summed E-state index contributed by atoms with van der Waals surface area (Å²) in [5.41, 5.74) is 3.91. The molecule has 0 saturated heterocycles. The number of hydrogen-bond donors (Lipinski definition) is 2. The van der Waals surface area contributed by atoms with Gasteiger partial charge in [-0.15, -0.1) is 0 Å². The van der Waals surface area contributed by atoms with Crippen LogP contribution in [0.15, 0.2) is 42.5 Å². The maximum atomic E-state index is 10.6. The molecule has 23 heavy (non-hydrogen) atoms. The van der Waals surface area contributed by atoms with Crippen LogP contribution in [-0.4, -0.2) is 21.4 Å². The molecule has 0 aliphatic heterocycles. The first-order valence-electron chi connectivity index (χ1n) is 8.22. The molecule has 3 rings (SSSR count). The van der Waals surface area contributed by atoms with Gasteiger partial charge in [-0.3, -0.25) is 0 Å². The number of aliphatic hydroxyl groups is 2. The van der Waals surface area contributed by atoms with Gasteiger partial charge in [0.1, 0.15) is 0 Å². The number of rotatable bonds is 3. The van der Waals surface area contributed by atoms with Crippen molar-refractivity contribution >= 4 is 0 Å². The maximum absolute atomic E-state index is 10.6. The maximum Gasteiger partial charge on any atom is 0.0940 e. The van der Waals surface area contributed by atoms with E-state index in [9.17, 15) is 10.2 Å². The second-order valence-corrected chi connectivity index (χ2v) is 8.06. The summed E-state index contributed by atoms with van der Waals surface area (Å²) in [5.74, 6) is 0. The van der Waals surface area contributed by atoms with E-state index in [-0.39, 0.29) is 5.41 Å². The molecule has 1 unspecified atom stereocenters. The molecule has 0 saturated carbocycles. The molecule has 2 aromatic carbocycles. The van der Waals surface area contributed by atoms with E-state index in [1.165, 1.54) is 22.3 Å². The van der Waals surface area contributed by atoms with Crippen LogP contribution in [0, 0.1) is 0 Å². The molecule has 2 N–H and O–H groups in total. The van der Waals surface area contributed by atoms with Crippen LogP contribution in [0.1, 0.15) is 51.3 Å².